The minimum Gasteiger partial charge on any atom is -0.476 e. The minimum absolute atomic E-state index is 0.00152. The monoisotopic (exact) mass is 331 g/mol. The highest BCUT2D eigenvalue weighted by Crippen LogP contribution is 2.24. The van der Waals surface area contributed by atoms with E-state index >= 15 is 0 Å². The van der Waals surface area contributed by atoms with Crippen molar-refractivity contribution in [2.24, 2.45) is 0 Å². The molecule has 23 heavy (non-hydrogen) atoms. The molecule has 122 valence electrons. The lowest BCUT2D eigenvalue weighted by Crippen LogP contribution is -2.39. The number of nitrogens with zero attached hydrogens (tertiary/aromatic N) is 3. The van der Waals surface area contributed by atoms with Crippen molar-refractivity contribution >= 4 is 17.3 Å². The molecule has 5 nitrogen and oxygen atoms in total. The summed E-state index contributed by atoms with van der Waals surface area (Å²) in [4.78, 5) is 23.0. The third kappa shape index (κ3) is 4.36. The van der Waals surface area contributed by atoms with Gasteiger partial charge >= 0.3 is 5.97 Å². The number of thiophene rings is 1. The lowest BCUT2D eigenvalue weighted by molar-refractivity contribution is 0.0689. The molecule has 1 saturated heterocycles. The number of aromatic nitrogens is 2. The van der Waals surface area contributed by atoms with Gasteiger partial charge in [0.15, 0.2) is 5.69 Å². The minimum atomic E-state index is -1.03. The molecule has 1 unspecified atom stereocenters. The van der Waals surface area contributed by atoms with Gasteiger partial charge in [-0.15, -0.1) is 11.3 Å². The maximum atomic E-state index is 10.8. The summed E-state index contributed by atoms with van der Waals surface area (Å²) in [5, 5.41) is 11.0. The van der Waals surface area contributed by atoms with Crippen molar-refractivity contribution in [3.05, 3.63) is 46.2 Å². The molecule has 2 aromatic rings. The van der Waals surface area contributed by atoms with Crippen LogP contribution in [0.2, 0.25) is 0 Å². The Morgan fingerprint density at radius 2 is 2.26 bits per heavy atom. The van der Waals surface area contributed by atoms with E-state index in [-0.39, 0.29) is 5.69 Å². The number of hydrogen-bond acceptors (Lipinski definition) is 5. The highest BCUT2D eigenvalue weighted by molar-refractivity contribution is 7.09. The summed E-state index contributed by atoms with van der Waals surface area (Å²) in [6.07, 6.45) is 8.97. The Kier molecular flexibility index (Phi) is 5.35. The van der Waals surface area contributed by atoms with Crippen molar-refractivity contribution in [1.82, 2.24) is 14.9 Å². The summed E-state index contributed by atoms with van der Waals surface area (Å²) in [6, 6.07) is 4.89. The second-order valence-corrected chi connectivity index (χ2v) is 6.97. The number of carbonyl (C=O) groups is 1. The van der Waals surface area contributed by atoms with E-state index in [1.807, 2.05) is 11.3 Å². The molecular weight excluding hydrogens is 310 g/mol. The topological polar surface area (TPSA) is 66.3 Å². The van der Waals surface area contributed by atoms with Crippen molar-refractivity contribution in [3.8, 4) is 0 Å². The molecular formula is C17H21N3O2S. The van der Waals surface area contributed by atoms with E-state index in [9.17, 15) is 4.79 Å². The van der Waals surface area contributed by atoms with Crippen LogP contribution >= 0.6 is 11.3 Å². The molecule has 3 rings (SSSR count). The van der Waals surface area contributed by atoms with Crippen molar-refractivity contribution < 1.29 is 9.90 Å². The fourth-order valence-corrected chi connectivity index (χ4v) is 3.84. The molecule has 0 amide bonds. The molecule has 2 aromatic heterocycles. The smallest absolute Gasteiger partial charge is 0.356 e. The van der Waals surface area contributed by atoms with Crippen LogP contribution in [-0.4, -0.2) is 38.5 Å². The SMILES string of the molecule is O=C(O)c1cnc(CN2CCCCC2CCc2cccs2)cn1. The zero-order valence-electron chi connectivity index (χ0n) is 13.0. The van der Waals surface area contributed by atoms with Crippen LogP contribution in [0.3, 0.4) is 0 Å². The maximum Gasteiger partial charge on any atom is 0.356 e. The van der Waals surface area contributed by atoms with E-state index in [1.54, 1.807) is 6.20 Å². The van der Waals surface area contributed by atoms with Gasteiger partial charge in [0, 0.05) is 17.5 Å². The van der Waals surface area contributed by atoms with Crippen LogP contribution < -0.4 is 0 Å². The summed E-state index contributed by atoms with van der Waals surface area (Å²) >= 11 is 1.82. The Bertz CT molecular complexity index is 628. The van der Waals surface area contributed by atoms with Gasteiger partial charge in [0.2, 0.25) is 0 Å². The van der Waals surface area contributed by atoms with Crippen molar-refractivity contribution in [1.29, 1.82) is 0 Å². The zero-order chi connectivity index (χ0) is 16.1. The van der Waals surface area contributed by atoms with Gasteiger partial charge in [-0.2, -0.15) is 0 Å². The van der Waals surface area contributed by atoms with Gasteiger partial charge in [0.1, 0.15) is 0 Å². The lowest BCUT2D eigenvalue weighted by Gasteiger charge is -2.35. The molecule has 1 fully saturated rings. The molecule has 6 heteroatoms. The second-order valence-electron chi connectivity index (χ2n) is 5.94. The molecule has 1 atom stereocenters. The first kappa shape index (κ1) is 16.1. The van der Waals surface area contributed by atoms with Crippen LogP contribution in [0.15, 0.2) is 29.9 Å². The highest BCUT2D eigenvalue weighted by atomic mass is 32.1. The Balaban J connectivity index is 1.60. The molecule has 0 aliphatic carbocycles. The number of aromatic carboxylic acids is 1. The second kappa shape index (κ2) is 7.66. The van der Waals surface area contributed by atoms with Gasteiger partial charge in [0.05, 0.1) is 18.1 Å². The predicted molar refractivity (Wildman–Crippen MR) is 89.7 cm³/mol. The standard InChI is InChI=1S/C17H21N3O2S/c21-17(22)16-11-18-13(10-19-16)12-20-8-2-1-4-14(20)6-7-15-5-3-9-23-15/h3,5,9-11,14H,1-2,4,6-8,12H2,(H,21,22). The van der Waals surface area contributed by atoms with Crippen LogP contribution in [0, 0.1) is 0 Å². The fourth-order valence-electron chi connectivity index (χ4n) is 3.11. The molecule has 1 aliphatic heterocycles. The Morgan fingerprint density at radius 3 is 2.96 bits per heavy atom. The summed E-state index contributed by atoms with van der Waals surface area (Å²) in [5.74, 6) is -1.03. The van der Waals surface area contributed by atoms with E-state index in [0.29, 0.717) is 6.04 Å². The van der Waals surface area contributed by atoms with E-state index in [2.05, 4.69) is 32.4 Å². The van der Waals surface area contributed by atoms with Crippen molar-refractivity contribution in [3.63, 3.8) is 0 Å². The molecule has 0 saturated carbocycles. The number of hydrogen-bond donors (Lipinski definition) is 1. The first-order valence-corrected chi connectivity index (χ1v) is 8.91. The largest absolute Gasteiger partial charge is 0.476 e. The van der Waals surface area contributed by atoms with Crippen LogP contribution in [0.1, 0.15) is 46.7 Å². The average Bonchev–Trinajstić information content (AvgIpc) is 3.08. The number of rotatable bonds is 6. The normalized spacial score (nSPS) is 18.9. The zero-order valence-corrected chi connectivity index (χ0v) is 13.8. The predicted octanol–water partition coefficient (Wildman–Crippen LogP) is 3.22. The Labute approximate surface area is 140 Å². The maximum absolute atomic E-state index is 10.8. The third-order valence-electron chi connectivity index (χ3n) is 4.34. The van der Waals surface area contributed by atoms with E-state index < -0.39 is 5.97 Å². The fraction of sp³-hybridized carbons (Fsp3) is 0.471. The Hall–Kier alpha value is -1.79. The molecule has 0 bridgehead atoms. The van der Waals surface area contributed by atoms with Gasteiger partial charge in [0.25, 0.3) is 0 Å². The Morgan fingerprint density at radius 1 is 1.35 bits per heavy atom. The summed E-state index contributed by atoms with van der Waals surface area (Å²) in [6.45, 7) is 1.83. The van der Waals surface area contributed by atoms with E-state index in [4.69, 9.17) is 5.11 Å². The lowest BCUT2D eigenvalue weighted by atomic mass is 9.97. The quantitative estimate of drug-likeness (QED) is 0.880. The van der Waals surface area contributed by atoms with E-state index in [0.717, 1.165) is 25.2 Å². The van der Waals surface area contributed by atoms with Crippen molar-refractivity contribution in [2.45, 2.75) is 44.7 Å². The van der Waals surface area contributed by atoms with Crippen LogP contribution in [0.25, 0.3) is 0 Å². The van der Waals surface area contributed by atoms with Crippen molar-refractivity contribution in [2.75, 3.05) is 6.54 Å². The van der Waals surface area contributed by atoms with Crippen LogP contribution in [0.4, 0.5) is 0 Å². The number of carboxylic acids is 1. The summed E-state index contributed by atoms with van der Waals surface area (Å²) < 4.78 is 0. The number of piperidine rings is 1. The van der Waals surface area contributed by atoms with Gasteiger partial charge in [-0.1, -0.05) is 12.5 Å². The molecule has 0 spiro atoms. The first-order valence-electron chi connectivity index (χ1n) is 8.03. The van der Waals surface area contributed by atoms with Gasteiger partial charge in [-0.25, -0.2) is 9.78 Å². The van der Waals surface area contributed by atoms with Gasteiger partial charge in [-0.05, 0) is 43.7 Å². The molecule has 1 aliphatic rings. The van der Waals surface area contributed by atoms with Gasteiger partial charge in [-0.3, -0.25) is 9.88 Å². The van der Waals surface area contributed by atoms with Crippen LogP contribution in [0.5, 0.6) is 0 Å². The summed E-state index contributed by atoms with van der Waals surface area (Å²) in [7, 11) is 0. The van der Waals surface area contributed by atoms with Gasteiger partial charge < -0.3 is 5.11 Å². The van der Waals surface area contributed by atoms with E-state index in [1.165, 1.54) is 36.8 Å². The average molecular weight is 331 g/mol. The number of carboxylic acid groups (broad SMARTS) is 1. The molecule has 0 radical (unpaired) electrons. The molecule has 3 heterocycles. The molecule has 0 aromatic carbocycles. The highest BCUT2D eigenvalue weighted by Gasteiger charge is 2.23. The number of likely N-dealkylation sites (tertiary alicyclic amines) is 1. The first-order chi connectivity index (χ1) is 11.2. The van der Waals surface area contributed by atoms with Crippen LogP contribution in [-0.2, 0) is 13.0 Å². The summed E-state index contributed by atoms with van der Waals surface area (Å²) in [5.41, 5.74) is 0.847. The third-order valence-corrected chi connectivity index (χ3v) is 5.28. The number of aryl methyl sites for hydroxylation is 1. The molecule has 1 N–H and O–H groups in total.